The maximum Gasteiger partial charge on any atom is 0.316 e. The highest BCUT2D eigenvalue weighted by atomic mass is 32.1. The maximum atomic E-state index is 13.0. The van der Waals surface area contributed by atoms with Crippen LogP contribution >= 0.6 is 25.0 Å². The number of aryl methyl sites for hydroxylation is 1. The van der Waals surface area contributed by atoms with Crippen LogP contribution in [0.25, 0.3) is 0 Å². The third kappa shape index (κ3) is 13.9. The van der Waals surface area contributed by atoms with Crippen molar-refractivity contribution < 1.29 is 19.1 Å². The minimum Gasteiger partial charge on any atom is -0.466 e. The van der Waals surface area contributed by atoms with E-state index in [1.807, 2.05) is 31.2 Å². The lowest BCUT2D eigenvalue weighted by Crippen LogP contribution is -2.36. The van der Waals surface area contributed by atoms with Gasteiger partial charge in [0.15, 0.2) is 0 Å². The van der Waals surface area contributed by atoms with Crippen LogP contribution in [0.3, 0.4) is 0 Å². The molecule has 0 amide bonds. The highest BCUT2D eigenvalue weighted by Crippen LogP contribution is 2.24. The number of rotatable bonds is 19. The molecule has 0 fully saturated rings. The molecule has 0 spiro atoms. The van der Waals surface area contributed by atoms with Crippen molar-refractivity contribution in [1.82, 2.24) is 0 Å². The lowest BCUT2D eigenvalue weighted by Gasteiger charge is -2.24. The minimum atomic E-state index is -0.917. The van der Waals surface area contributed by atoms with Gasteiger partial charge in [-0.2, -0.15) is 0 Å². The van der Waals surface area contributed by atoms with Crippen LogP contribution in [-0.4, -0.2) is 30.1 Å². The number of unbranched alkanes of at least 4 members (excludes halogenated alkanes) is 10. The molecule has 0 bridgehead atoms. The van der Waals surface area contributed by atoms with Gasteiger partial charge in [0.1, 0.15) is 10.9 Å². The summed E-state index contributed by atoms with van der Waals surface area (Å²) in [7, 11) is 0. The van der Waals surface area contributed by atoms with Crippen LogP contribution in [0.15, 0.2) is 24.3 Å². The summed E-state index contributed by atoms with van der Waals surface area (Å²) in [6.07, 6.45) is 13.1. The Labute approximate surface area is 223 Å². The molecule has 1 rings (SSSR count). The first-order chi connectivity index (χ1) is 16.9. The zero-order chi connectivity index (χ0) is 25.9. The van der Waals surface area contributed by atoms with Crippen molar-refractivity contribution in [3.8, 4) is 0 Å². The van der Waals surface area contributed by atoms with Gasteiger partial charge in [-0.05, 0) is 37.5 Å². The topological polar surface area (TPSA) is 55.8 Å². The monoisotopic (exact) mass is 523 g/mol. The molecule has 1 unspecified atom stereocenters. The van der Waals surface area contributed by atoms with Gasteiger partial charge in [-0.15, -0.1) is 0 Å². The SMILES string of the molecule is CCCCCCCCOC(=O)CC(C(=O)OCCCCCCCC)C(=S)N(S)c1cccc(C)c1. The number of carbonyl (C=O) groups is 2. The summed E-state index contributed by atoms with van der Waals surface area (Å²) >= 11 is 10.1. The molecule has 5 nitrogen and oxygen atoms in total. The van der Waals surface area contributed by atoms with E-state index < -0.39 is 17.9 Å². The second-order valence-electron chi connectivity index (χ2n) is 9.17. The average molecular weight is 524 g/mol. The Kier molecular flexibility index (Phi) is 17.6. The molecule has 0 aliphatic carbocycles. The van der Waals surface area contributed by atoms with Crippen molar-refractivity contribution in [2.75, 3.05) is 17.5 Å². The van der Waals surface area contributed by atoms with Crippen LogP contribution in [-0.2, 0) is 19.1 Å². The van der Waals surface area contributed by atoms with Crippen molar-refractivity contribution in [3.05, 3.63) is 29.8 Å². The minimum absolute atomic E-state index is 0.146. The molecule has 0 aliphatic rings. The first-order valence-electron chi connectivity index (χ1n) is 13.3. The molecule has 198 valence electrons. The quantitative estimate of drug-likeness (QED) is 0.0864. The van der Waals surface area contributed by atoms with Gasteiger partial charge < -0.3 is 9.47 Å². The number of esters is 2. The van der Waals surface area contributed by atoms with Gasteiger partial charge in [0.25, 0.3) is 0 Å². The lowest BCUT2D eigenvalue weighted by atomic mass is 10.1. The Morgan fingerprint density at radius 1 is 0.886 bits per heavy atom. The molecular weight excluding hydrogens is 478 g/mol. The van der Waals surface area contributed by atoms with Crippen molar-refractivity contribution in [2.45, 2.75) is 104 Å². The fourth-order valence-electron chi connectivity index (χ4n) is 3.76. The first-order valence-corrected chi connectivity index (χ1v) is 14.1. The molecule has 0 saturated heterocycles. The molecule has 0 saturated carbocycles. The molecule has 1 aromatic carbocycles. The number of thiocarbonyl (C=S) groups is 1. The summed E-state index contributed by atoms with van der Waals surface area (Å²) in [5, 5.41) is 0. The van der Waals surface area contributed by atoms with E-state index in [4.69, 9.17) is 21.7 Å². The van der Waals surface area contributed by atoms with Crippen LogP contribution in [0.4, 0.5) is 5.69 Å². The van der Waals surface area contributed by atoms with Crippen molar-refractivity contribution in [1.29, 1.82) is 0 Å². The summed E-state index contributed by atoms with van der Waals surface area (Å²) in [5.74, 6) is -1.85. The van der Waals surface area contributed by atoms with Crippen molar-refractivity contribution in [3.63, 3.8) is 0 Å². The lowest BCUT2D eigenvalue weighted by molar-refractivity contribution is -0.152. The van der Waals surface area contributed by atoms with Crippen LogP contribution < -0.4 is 4.31 Å². The van der Waals surface area contributed by atoms with Crippen molar-refractivity contribution >= 4 is 47.6 Å². The molecule has 1 aromatic rings. The largest absolute Gasteiger partial charge is 0.466 e. The number of nitrogens with zero attached hydrogens (tertiary/aromatic N) is 1. The predicted octanol–water partition coefficient (Wildman–Crippen LogP) is 7.79. The van der Waals surface area contributed by atoms with E-state index in [2.05, 4.69) is 26.7 Å². The highest BCUT2D eigenvalue weighted by molar-refractivity contribution is 7.87. The molecule has 0 heterocycles. The predicted molar refractivity (Wildman–Crippen MR) is 152 cm³/mol. The number of ether oxygens (including phenoxy) is 2. The van der Waals surface area contributed by atoms with E-state index in [0.717, 1.165) is 49.8 Å². The summed E-state index contributed by atoms with van der Waals surface area (Å²) in [4.78, 5) is 25.8. The van der Waals surface area contributed by atoms with Gasteiger partial charge in [-0.1, -0.05) is 115 Å². The summed E-state index contributed by atoms with van der Waals surface area (Å²) < 4.78 is 12.4. The van der Waals surface area contributed by atoms with Crippen LogP contribution in [0.2, 0.25) is 0 Å². The molecule has 7 heteroatoms. The fourth-order valence-corrected chi connectivity index (χ4v) is 4.30. The Balaban J connectivity index is 2.66. The Bertz CT molecular complexity index is 756. The molecular formula is C28H45NO4S2. The first kappa shape index (κ1) is 31.4. The number of benzene rings is 1. The van der Waals surface area contributed by atoms with Crippen molar-refractivity contribution in [2.24, 2.45) is 5.92 Å². The number of hydrogen-bond donors (Lipinski definition) is 1. The molecule has 0 aromatic heterocycles. The van der Waals surface area contributed by atoms with E-state index >= 15 is 0 Å². The third-order valence-electron chi connectivity index (χ3n) is 5.91. The number of thiol groups is 1. The van der Waals surface area contributed by atoms with E-state index in [-0.39, 0.29) is 11.4 Å². The zero-order valence-corrected chi connectivity index (χ0v) is 23.6. The maximum absolute atomic E-state index is 13.0. The Morgan fingerprint density at radius 3 is 2.00 bits per heavy atom. The second-order valence-corrected chi connectivity index (χ2v) is 9.99. The van der Waals surface area contributed by atoms with Gasteiger partial charge >= 0.3 is 11.9 Å². The molecule has 0 N–H and O–H groups in total. The van der Waals surface area contributed by atoms with E-state index in [1.54, 1.807) is 0 Å². The molecule has 1 atom stereocenters. The second kappa shape index (κ2) is 19.6. The smallest absolute Gasteiger partial charge is 0.316 e. The highest BCUT2D eigenvalue weighted by Gasteiger charge is 2.31. The van der Waals surface area contributed by atoms with Crippen LogP contribution in [0.1, 0.15) is 103 Å². The number of carbonyl (C=O) groups excluding carboxylic acids is 2. The van der Waals surface area contributed by atoms with Gasteiger partial charge in [0.05, 0.1) is 25.3 Å². The van der Waals surface area contributed by atoms with E-state index in [0.29, 0.717) is 13.2 Å². The Morgan fingerprint density at radius 2 is 1.43 bits per heavy atom. The zero-order valence-electron chi connectivity index (χ0n) is 21.9. The standard InChI is InChI=1S/C28H45NO4S2/c1-4-6-8-10-12-14-19-32-26(30)22-25(28(31)33-20-15-13-11-9-7-5-2)27(34)29(35)24-18-16-17-23(3)21-24/h16-18,21,25,35H,4-15,19-20,22H2,1-3H3. The summed E-state index contributed by atoms with van der Waals surface area (Å²) in [6, 6.07) is 7.66. The normalized spacial score (nSPS) is 11.7. The number of anilines is 1. The van der Waals surface area contributed by atoms with E-state index in [1.165, 1.54) is 42.8 Å². The molecule has 35 heavy (non-hydrogen) atoms. The molecule has 0 radical (unpaired) electrons. The van der Waals surface area contributed by atoms with Gasteiger partial charge in [-0.3, -0.25) is 13.9 Å². The van der Waals surface area contributed by atoms with Gasteiger partial charge in [0.2, 0.25) is 0 Å². The van der Waals surface area contributed by atoms with Crippen LogP contribution in [0.5, 0.6) is 0 Å². The van der Waals surface area contributed by atoms with E-state index in [9.17, 15) is 9.59 Å². The number of hydrogen-bond acceptors (Lipinski definition) is 6. The summed E-state index contributed by atoms with van der Waals surface area (Å²) in [6.45, 7) is 7.03. The fraction of sp³-hybridized carbons (Fsp3) is 0.679. The Hall–Kier alpha value is -1.60. The summed E-state index contributed by atoms with van der Waals surface area (Å²) in [5.41, 5.74) is 1.79. The molecule has 0 aliphatic heterocycles. The third-order valence-corrected chi connectivity index (χ3v) is 6.96. The van der Waals surface area contributed by atoms with Crippen LogP contribution in [0, 0.1) is 12.8 Å². The average Bonchev–Trinajstić information content (AvgIpc) is 2.85. The van der Waals surface area contributed by atoms with Gasteiger partial charge in [0, 0.05) is 0 Å². The van der Waals surface area contributed by atoms with Gasteiger partial charge in [-0.25, -0.2) is 0 Å².